The van der Waals surface area contributed by atoms with Crippen LogP contribution in [0.1, 0.15) is 31.0 Å². The number of ether oxygens (including phenoxy) is 4. The van der Waals surface area contributed by atoms with Crippen molar-refractivity contribution in [2.24, 2.45) is 4.99 Å². The Labute approximate surface area is 249 Å². The summed E-state index contributed by atoms with van der Waals surface area (Å²) in [5.41, 5.74) is 1.82. The number of thiazole rings is 1. The molecule has 5 rings (SSSR count). The molecule has 0 saturated heterocycles. The lowest BCUT2D eigenvalue weighted by atomic mass is 9.91. The molecule has 2 heterocycles. The second kappa shape index (κ2) is 12.2. The summed E-state index contributed by atoms with van der Waals surface area (Å²) in [4.78, 5) is 44.0. The molecule has 9 nitrogen and oxygen atoms in total. The van der Waals surface area contributed by atoms with Crippen LogP contribution in [0.25, 0.3) is 16.8 Å². The van der Waals surface area contributed by atoms with Crippen LogP contribution in [0.4, 0.5) is 0 Å². The minimum atomic E-state index is -0.749. The Balaban J connectivity index is 1.68. The summed E-state index contributed by atoms with van der Waals surface area (Å²) in [6.45, 7) is 3.32. The maximum Gasteiger partial charge on any atom is 0.343 e. The predicted molar refractivity (Wildman–Crippen MR) is 160 cm³/mol. The molecule has 4 aromatic rings. The van der Waals surface area contributed by atoms with E-state index in [2.05, 4.69) is 9.73 Å². The van der Waals surface area contributed by atoms with Gasteiger partial charge in [-0.3, -0.25) is 9.36 Å². The van der Waals surface area contributed by atoms with Crippen molar-refractivity contribution in [1.82, 2.24) is 4.57 Å². The van der Waals surface area contributed by atoms with Crippen LogP contribution in [-0.2, 0) is 19.1 Å². The summed E-state index contributed by atoms with van der Waals surface area (Å²) in [6.07, 6.45) is 1.67. The van der Waals surface area contributed by atoms with Crippen LogP contribution in [0.5, 0.6) is 11.5 Å². The fraction of sp³-hybridized carbons (Fsp3) is 0.226. The van der Waals surface area contributed by atoms with Crippen LogP contribution in [0.15, 0.2) is 75.7 Å². The van der Waals surface area contributed by atoms with Gasteiger partial charge in [-0.2, -0.15) is 0 Å². The maximum atomic E-state index is 14.1. The number of benzene rings is 3. The fourth-order valence-corrected chi connectivity index (χ4v) is 6.20. The molecule has 0 amide bonds. The fourth-order valence-electron chi connectivity index (χ4n) is 4.88. The number of fused-ring (bicyclic) bond motifs is 2. The molecule has 0 bridgehead atoms. The molecule has 0 spiro atoms. The van der Waals surface area contributed by atoms with Crippen LogP contribution in [0.3, 0.4) is 0 Å². The molecule has 0 fully saturated rings. The van der Waals surface area contributed by atoms with Gasteiger partial charge >= 0.3 is 11.9 Å². The summed E-state index contributed by atoms with van der Waals surface area (Å²) in [7, 11) is 2.70. The van der Waals surface area contributed by atoms with Gasteiger partial charge in [0.25, 0.3) is 5.56 Å². The Bertz CT molecular complexity index is 1920. The van der Waals surface area contributed by atoms with E-state index in [0.717, 1.165) is 16.3 Å². The van der Waals surface area contributed by atoms with Gasteiger partial charge in [-0.05, 0) is 54.0 Å². The second-order valence-electron chi connectivity index (χ2n) is 9.27. The molecule has 216 valence electrons. The van der Waals surface area contributed by atoms with E-state index in [1.54, 1.807) is 36.6 Å². The number of hydrogen-bond acceptors (Lipinski definition) is 9. The first kappa shape index (κ1) is 29.1. The van der Waals surface area contributed by atoms with Crippen molar-refractivity contribution in [3.05, 3.63) is 102 Å². The van der Waals surface area contributed by atoms with E-state index in [1.165, 1.54) is 25.6 Å². The zero-order valence-corrected chi connectivity index (χ0v) is 24.9. The van der Waals surface area contributed by atoms with E-state index in [4.69, 9.17) is 25.8 Å². The van der Waals surface area contributed by atoms with Crippen molar-refractivity contribution in [3.8, 4) is 11.5 Å². The highest BCUT2D eigenvalue weighted by atomic mass is 35.5. The highest BCUT2D eigenvalue weighted by Gasteiger charge is 2.34. The van der Waals surface area contributed by atoms with E-state index in [0.29, 0.717) is 26.2 Å². The molecule has 42 heavy (non-hydrogen) atoms. The number of esters is 2. The Morgan fingerprint density at radius 3 is 2.62 bits per heavy atom. The molecule has 11 heteroatoms. The van der Waals surface area contributed by atoms with Crippen LogP contribution in [-0.4, -0.2) is 43.9 Å². The van der Waals surface area contributed by atoms with Crippen LogP contribution < -0.4 is 24.4 Å². The Morgan fingerprint density at radius 1 is 1.12 bits per heavy atom. The monoisotopic (exact) mass is 606 g/mol. The third kappa shape index (κ3) is 5.43. The lowest BCUT2D eigenvalue weighted by Gasteiger charge is -2.25. The number of rotatable bonds is 8. The van der Waals surface area contributed by atoms with Crippen molar-refractivity contribution in [2.75, 3.05) is 27.4 Å². The summed E-state index contributed by atoms with van der Waals surface area (Å²) < 4.78 is 22.9. The van der Waals surface area contributed by atoms with Crippen molar-refractivity contribution < 1.29 is 28.5 Å². The van der Waals surface area contributed by atoms with Crippen LogP contribution in [0, 0.1) is 0 Å². The number of carbonyl (C=O) groups is 2. The molecule has 1 unspecified atom stereocenters. The number of hydrogen-bond donors (Lipinski definition) is 0. The largest absolute Gasteiger partial charge is 0.493 e. The molecule has 0 saturated carbocycles. The number of nitrogens with zero attached hydrogens (tertiary/aromatic N) is 2. The van der Waals surface area contributed by atoms with Crippen LogP contribution in [0.2, 0.25) is 5.02 Å². The van der Waals surface area contributed by atoms with Crippen molar-refractivity contribution in [1.29, 1.82) is 0 Å². The van der Waals surface area contributed by atoms with E-state index in [9.17, 15) is 14.4 Å². The Kier molecular flexibility index (Phi) is 8.46. The molecule has 0 N–H and O–H groups in total. The minimum Gasteiger partial charge on any atom is -0.493 e. The van der Waals surface area contributed by atoms with Crippen molar-refractivity contribution in [3.63, 3.8) is 0 Å². The number of carbonyl (C=O) groups excluding carboxylic acids is 2. The lowest BCUT2D eigenvalue weighted by Crippen LogP contribution is -2.40. The highest BCUT2D eigenvalue weighted by molar-refractivity contribution is 7.07. The number of methoxy groups -OCH3 is 2. The first-order valence-corrected chi connectivity index (χ1v) is 14.2. The molecule has 1 aliphatic rings. The van der Waals surface area contributed by atoms with Crippen molar-refractivity contribution >= 4 is 51.7 Å². The first-order chi connectivity index (χ1) is 20.3. The van der Waals surface area contributed by atoms with Crippen LogP contribution >= 0.6 is 22.9 Å². The van der Waals surface area contributed by atoms with Gasteiger partial charge in [0, 0.05) is 0 Å². The van der Waals surface area contributed by atoms with E-state index >= 15 is 0 Å². The number of halogens is 1. The Morgan fingerprint density at radius 2 is 1.88 bits per heavy atom. The van der Waals surface area contributed by atoms with Gasteiger partial charge in [-0.15, -0.1) is 0 Å². The maximum absolute atomic E-state index is 14.1. The number of allylic oxidation sites excluding steroid dienone is 1. The van der Waals surface area contributed by atoms with Gasteiger partial charge in [0.15, 0.2) is 22.9 Å². The normalized spacial score (nSPS) is 14.8. The average Bonchev–Trinajstić information content (AvgIpc) is 3.28. The first-order valence-electron chi connectivity index (χ1n) is 13.0. The molecule has 1 aliphatic heterocycles. The summed E-state index contributed by atoms with van der Waals surface area (Å²) in [6, 6.07) is 16.1. The molecule has 1 aromatic heterocycles. The third-order valence-corrected chi connectivity index (χ3v) is 8.01. The zero-order valence-electron chi connectivity index (χ0n) is 23.3. The molecule has 3 aromatic carbocycles. The highest BCUT2D eigenvalue weighted by Crippen LogP contribution is 2.37. The minimum absolute atomic E-state index is 0.175. The zero-order chi connectivity index (χ0) is 30.0. The smallest absolute Gasteiger partial charge is 0.343 e. The van der Waals surface area contributed by atoms with E-state index in [-0.39, 0.29) is 35.3 Å². The van der Waals surface area contributed by atoms with Gasteiger partial charge in [-0.25, -0.2) is 14.6 Å². The van der Waals surface area contributed by atoms with Gasteiger partial charge < -0.3 is 18.9 Å². The van der Waals surface area contributed by atoms with Gasteiger partial charge in [0.05, 0.1) is 47.7 Å². The molecule has 1 atom stereocenters. The lowest BCUT2D eigenvalue weighted by molar-refractivity contribution is -0.143. The Hall–Kier alpha value is -4.41. The van der Waals surface area contributed by atoms with Crippen molar-refractivity contribution in [2.45, 2.75) is 19.9 Å². The molecule has 0 radical (unpaired) electrons. The number of aromatic nitrogens is 1. The topological polar surface area (TPSA) is 105 Å². The summed E-state index contributed by atoms with van der Waals surface area (Å²) in [5.74, 6) is -0.644. The second-order valence-corrected chi connectivity index (χ2v) is 10.7. The average molecular weight is 607 g/mol. The third-order valence-electron chi connectivity index (χ3n) is 6.75. The SMILES string of the molecule is CCOC(=O)C1=C(C)N=c2s/c(=C/c3cc(Cl)c(OCC(=O)OC)c(OC)c3)c(=O)n2C1c1cccc2ccccc12. The van der Waals surface area contributed by atoms with Gasteiger partial charge in [-0.1, -0.05) is 65.4 Å². The van der Waals surface area contributed by atoms with E-state index in [1.807, 2.05) is 42.5 Å². The quantitative estimate of drug-likeness (QED) is 0.277. The molecule has 0 aliphatic carbocycles. The molecular weight excluding hydrogens is 580 g/mol. The summed E-state index contributed by atoms with van der Waals surface area (Å²) >= 11 is 7.67. The van der Waals surface area contributed by atoms with Gasteiger partial charge in [0.2, 0.25) is 0 Å². The van der Waals surface area contributed by atoms with E-state index < -0.39 is 18.0 Å². The van der Waals surface area contributed by atoms with Gasteiger partial charge in [0.1, 0.15) is 0 Å². The summed E-state index contributed by atoms with van der Waals surface area (Å²) in [5, 5.41) is 2.08. The molecular formula is C31H27ClN2O7S. The standard InChI is InChI=1S/C31H27ClN2O7S/c1-5-40-30(37)26-17(2)33-31-34(27(26)21-12-8-10-19-9-6-7-11-20(19)21)29(36)24(42-31)15-18-13-22(32)28(23(14-18)38-3)41-16-25(35)39-4/h6-15,27H,5,16H2,1-4H3/b24-15+. The predicted octanol–water partition coefficient (Wildman–Crippen LogP) is 4.17.